The third kappa shape index (κ3) is 4.02. The number of halogens is 1. The van der Waals surface area contributed by atoms with Crippen LogP contribution in [0.25, 0.3) is 0 Å². The van der Waals surface area contributed by atoms with Crippen LogP contribution in [0.2, 0.25) is 0 Å². The van der Waals surface area contributed by atoms with E-state index in [-0.39, 0.29) is 36.0 Å². The van der Waals surface area contributed by atoms with Crippen LogP contribution >= 0.6 is 0 Å². The highest BCUT2D eigenvalue weighted by Crippen LogP contribution is 2.37. The minimum absolute atomic E-state index is 0.0210. The Labute approximate surface area is 178 Å². The summed E-state index contributed by atoms with van der Waals surface area (Å²) in [4.78, 5) is 24.9. The smallest absolute Gasteiger partial charge is 0.275 e. The number of fused-ring (bicyclic) bond motifs is 1. The van der Waals surface area contributed by atoms with E-state index in [0.717, 1.165) is 6.07 Å². The van der Waals surface area contributed by atoms with Crippen molar-refractivity contribution >= 4 is 27.3 Å². The van der Waals surface area contributed by atoms with Crippen LogP contribution in [0.1, 0.15) is 28.7 Å². The number of amidine groups is 1. The number of aryl methyl sites for hydroxylation is 1. The summed E-state index contributed by atoms with van der Waals surface area (Å²) < 4.78 is 46.1. The van der Waals surface area contributed by atoms with Crippen LogP contribution in [0.4, 0.5) is 10.1 Å². The Hall–Kier alpha value is -2.92. The van der Waals surface area contributed by atoms with Gasteiger partial charge in [-0.2, -0.15) is 0 Å². The van der Waals surface area contributed by atoms with E-state index in [2.05, 4.69) is 20.3 Å². The molecular weight excluding hydrogens is 425 g/mol. The van der Waals surface area contributed by atoms with E-state index < -0.39 is 44.0 Å². The Morgan fingerprint density at radius 3 is 2.77 bits per heavy atom. The molecule has 0 bridgehead atoms. The van der Waals surface area contributed by atoms with Crippen LogP contribution in [0.3, 0.4) is 0 Å². The molecule has 0 spiro atoms. The highest BCUT2D eigenvalue weighted by Gasteiger charge is 2.48. The number of aromatic nitrogens is 2. The largest absolute Gasteiger partial charge is 0.387 e. The van der Waals surface area contributed by atoms with E-state index in [1.165, 1.54) is 31.5 Å². The maximum atomic E-state index is 14.8. The number of hydrogen-bond acceptors (Lipinski definition) is 8. The zero-order chi connectivity index (χ0) is 22.4. The summed E-state index contributed by atoms with van der Waals surface area (Å²) in [6, 6.07) is 3.91. The third-order valence-corrected chi connectivity index (χ3v) is 7.90. The number of benzene rings is 1. The van der Waals surface area contributed by atoms with Crippen LogP contribution in [0.5, 0.6) is 0 Å². The Morgan fingerprint density at radius 2 is 2.06 bits per heavy atom. The van der Waals surface area contributed by atoms with Gasteiger partial charge in [0.1, 0.15) is 22.9 Å². The molecule has 2 aromatic rings. The van der Waals surface area contributed by atoms with E-state index in [9.17, 15) is 17.6 Å². The maximum Gasteiger partial charge on any atom is 0.275 e. The fourth-order valence-corrected chi connectivity index (χ4v) is 6.16. The summed E-state index contributed by atoms with van der Waals surface area (Å²) in [5.74, 6) is -2.04. The van der Waals surface area contributed by atoms with Crippen LogP contribution < -0.4 is 11.1 Å². The lowest BCUT2D eigenvalue weighted by molar-refractivity contribution is 0.102. The predicted molar refractivity (Wildman–Crippen MR) is 112 cm³/mol. The normalized spacial score (nSPS) is 27.1. The summed E-state index contributed by atoms with van der Waals surface area (Å²) in [6.45, 7) is 3.46. The standard InChI is InChI=1S/C20H22FN5O4S/c1-11-6-24-16(7-23-11)19(27)25-12-3-4-15(21)14(5-12)20(2)10-31(28,29)17-9-30-8-13(17)18(22)26-20/h3-7,13,17H,8-10H2,1-2H3,(H2,22,26)(H,25,27)/t13?,17?,20-/m0/s1. The fraction of sp³-hybridized carbons (Fsp3) is 0.400. The van der Waals surface area contributed by atoms with Gasteiger partial charge in [-0.15, -0.1) is 0 Å². The lowest BCUT2D eigenvalue weighted by Gasteiger charge is -2.26. The predicted octanol–water partition coefficient (Wildman–Crippen LogP) is 1.19. The van der Waals surface area contributed by atoms with Crippen LogP contribution in [0, 0.1) is 18.7 Å². The van der Waals surface area contributed by atoms with E-state index >= 15 is 0 Å². The van der Waals surface area contributed by atoms with Crippen molar-refractivity contribution in [3.63, 3.8) is 0 Å². The molecule has 3 N–H and O–H groups in total. The highest BCUT2D eigenvalue weighted by atomic mass is 32.2. The number of carbonyl (C=O) groups excluding carboxylic acids is 1. The maximum absolute atomic E-state index is 14.8. The zero-order valence-corrected chi connectivity index (χ0v) is 17.8. The Bertz CT molecular complexity index is 1170. The van der Waals surface area contributed by atoms with Gasteiger partial charge in [-0.1, -0.05) is 0 Å². The second kappa shape index (κ2) is 7.65. The molecule has 4 rings (SSSR count). The van der Waals surface area contributed by atoms with Crippen molar-refractivity contribution in [2.75, 3.05) is 24.3 Å². The summed E-state index contributed by atoms with van der Waals surface area (Å²) in [5.41, 5.74) is 5.69. The molecule has 0 radical (unpaired) electrons. The number of amides is 1. The van der Waals surface area contributed by atoms with Gasteiger partial charge in [0, 0.05) is 17.4 Å². The highest BCUT2D eigenvalue weighted by molar-refractivity contribution is 7.92. The number of hydrogen-bond donors (Lipinski definition) is 2. The summed E-state index contributed by atoms with van der Waals surface area (Å²) in [6.07, 6.45) is 2.79. The number of nitrogens with zero attached hydrogens (tertiary/aromatic N) is 3. The first-order chi connectivity index (χ1) is 14.6. The quantitative estimate of drug-likeness (QED) is 0.721. The minimum atomic E-state index is -3.68. The molecule has 164 valence electrons. The lowest BCUT2D eigenvalue weighted by atomic mass is 9.93. The molecule has 1 amide bonds. The third-order valence-electron chi connectivity index (χ3n) is 5.55. The Morgan fingerprint density at radius 1 is 1.29 bits per heavy atom. The Balaban J connectivity index is 1.69. The van der Waals surface area contributed by atoms with Crippen molar-refractivity contribution in [3.8, 4) is 0 Å². The van der Waals surface area contributed by atoms with Crippen molar-refractivity contribution in [1.29, 1.82) is 0 Å². The van der Waals surface area contributed by atoms with Gasteiger partial charge in [0.05, 0.1) is 42.0 Å². The van der Waals surface area contributed by atoms with Crippen molar-refractivity contribution in [1.82, 2.24) is 9.97 Å². The topological polar surface area (TPSA) is 137 Å². The fourth-order valence-electron chi connectivity index (χ4n) is 3.92. The van der Waals surface area contributed by atoms with Crippen LogP contribution in [-0.4, -0.2) is 54.3 Å². The van der Waals surface area contributed by atoms with Gasteiger partial charge < -0.3 is 15.8 Å². The number of anilines is 1. The molecular formula is C20H22FN5O4S. The SMILES string of the molecule is Cc1cnc(C(=O)Nc2ccc(F)c([C@]3(C)CS(=O)(=O)C4COCC4C(N)=N3)c2)cn1. The molecule has 1 saturated heterocycles. The van der Waals surface area contributed by atoms with Gasteiger partial charge in [-0.05, 0) is 32.0 Å². The second-order valence-electron chi connectivity index (χ2n) is 7.99. The molecule has 3 atom stereocenters. The molecule has 1 aromatic heterocycles. The van der Waals surface area contributed by atoms with Gasteiger partial charge in [-0.3, -0.25) is 14.8 Å². The van der Waals surface area contributed by atoms with E-state index in [4.69, 9.17) is 10.5 Å². The zero-order valence-electron chi connectivity index (χ0n) is 17.0. The van der Waals surface area contributed by atoms with Crippen LogP contribution in [-0.2, 0) is 20.1 Å². The monoisotopic (exact) mass is 447 g/mol. The number of aliphatic imine (C=N–C) groups is 1. The molecule has 1 fully saturated rings. The number of carbonyl (C=O) groups is 1. The van der Waals surface area contributed by atoms with Gasteiger partial charge in [0.25, 0.3) is 5.91 Å². The van der Waals surface area contributed by atoms with Crippen LogP contribution in [0.15, 0.2) is 35.6 Å². The van der Waals surface area contributed by atoms with E-state index in [0.29, 0.717) is 5.69 Å². The lowest BCUT2D eigenvalue weighted by Crippen LogP contribution is -2.37. The first kappa shape index (κ1) is 21.3. The van der Waals surface area contributed by atoms with Crippen molar-refractivity contribution in [2.24, 2.45) is 16.6 Å². The Kier molecular flexibility index (Phi) is 5.26. The summed E-state index contributed by atoms with van der Waals surface area (Å²) in [7, 11) is -3.68. The summed E-state index contributed by atoms with van der Waals surface area (Å²) in [5, 5.41) is 1.83. The average Bonchev–Trinajstić information content (AvgIpc) is 3.18. The van der Waals surface area contributed by atoms with Crippen molar-refractivity contribution < 1.29 is 22.3 Å². The molecule has 11 heteroatoms. The van der Waals surface area contributed by atoms with Gasteiger partial charge in [0.2, 0.25) is 0 Å². The number of rotatable bonds is 3. The molecule has 0 saturated carbocycles. The molecule has 2 aliphatic rings. The van der Waals surface area contributed by atoms with E-state index in [1.54, 1.807) is 6.92 Å². The summed E-state index contributed by atoms with van der Waals surface area (Å²) >= 11 is 0. The average molecular weight is 447 g/mol. The number of sulfone groups is 1. The first-order valence-corrected chi connectivity index (χ1v) is 11.4. The molecule has 31 heavy (non-hydrogen) atoms. The second-order valence-corrected chi connectivity index (χ2v) is 10.2. The minimum Gasteiger partial charge on any atom is -0.387 e. The number of nitrogens with two attached hydrogens (primary N) is 1. The van der Waals surface area contributed by atoms with E-state index in [1.807, 2.05) is 0 Å². The molecule has 0 aliphatic carbocycles. The van der Waals surface area contributed by atoms with Gasteiger partial charge in [0.15, 0.2) is 9.84 Å². The van der Waals surface area contributed by atoms with Gasteiger partial charge >= 0.3 is 0 Å². The van der Waals surface area contributed by atoms with Gasteiger partial charge in [-0.25, -0.2) is 17.8 Å². The molecule has 3 heterocycles. The van der Waals surface area contributed by atoms with Crippen molar-refractivity contribution in [2.45, 2.75) is 24.6 Å². The molecule has 2 unspecified atom stereocenters. The van der Waals surface area contributed by atoms with Crippen molar-refractivity contribution in [3.05, 3.63) is 53.4 Å². The first-order valence-electron chi connectivity index (χ1n) is 9.64. The number of ether oxygens (including phenoxy) is 1. The molecule has 2 aliphatic heterocycles. The molecule has 1 aromatic carbocycles. The molecule has 9 nitrogen and oxygen atoms in total. The number of nitrogens with one attached hydrogen (secondary N) is 1.